The van der Waals surface area contributed by atoms with Crippen molar-refractivity contribution in [2.75, 3.05) is 7.05 Å². The largest absolute Gasteiger partial charge is 0.481 e. The molecular formula is C13H23NO3. The Bertz CT molecular complexity index is 293. The Morgan fingerprint density at radius 1 is 1.24 bits per heavy atom. The van der Waals surface area contributed by atoms with Crippen LogP contribution in [0.4, 0.5) is 0 Å². The van der Waals surface area contributed by atoms with Crippen LogP contribution >= 0.6 is 0 Å². The monoisotopic (exact) mass is 241 g/mol. The fraction of sp³-hybridized carbons (Fsp3) is 0.846. The second kappa shape index (κ2) is 5.52. The van der Waals surface area contributed by atoms with E-state index in [2.05, 4.69) is 0 Å². The minimum absolute atomic E-state index is 0.0492. The molecule has 1 N–H and O–H groups in total. The van der Waals surface area contributed by atoms with Gasteiger partial charge in [-0.2, -0.15) is 0 Å². The maximum atomic E-state index is 12.1. The minimum atomic E-state index is -0.810. The van der Waals surface area contributed by atoms with E-state index in [4.69, 9.17) is 5.11 Å². The summed E-state index contributed by atoms with van der Waals surface area (Å²) in [6.45, 7) is 3.71. The van der Waals surface area contributed by atoms with E-state index in [0.717, 1.165) is 32.1 Å². The summed E-state index contributed by atoms with van der Waals surface area (Å²) >= 11 is 0. The highest BCUT2D eigenvalue weighted by molar-refractivity contribution is 5.80. The summed E-state index contributed by atoms with van der Waals surface area (Å²) in [5.41, 5.74) is -0.453. The Balaban J connectivity index is 2.88. The van der Waals surface area contributed by atoms with Crippen molar-refractivity contribution in [3.05, 3.63) is 0 Å². The molecule has 1 amide bonds. The number of rotatable bonds is 4. The van der Waals surface area contributed by atoms with E-state index in [1.54, 1.807) is 11.9 Å². The molecule has 1 aliphatic carbocycles. The zero-order valence-corrected chi connectivity index (χ0v) is 11.0. The first-order valence-electron chi connectivity index (χ1n) is 6.38. The van der Waals surface area contributed by atoms with Gasteiger partial charge in [-0.15, -0.1) is 0 Å². The number of carboxylic acids is 1. The average molecular weight is 241 g/mol. The Hall–Kier alpha value is -1.06. The molecule has 0 aromatic rings. The highest BCUT2D eigenvalue weighted by Gasteiger charge is 2.40. The summed E-state index contributed by atoms with van der Waals surface area (Å²) in [5, 5.41) is 9.06. The average Bonchev–Trinajstić information content (AvgIpc) is 2.27. The van der Waals surface area contributed by atoms with Crippen LogP contribution in [0.15, 0.2) is 0 Å². The van der Waals surface area contributed by atoms with E-state index in [1.807, 2.05) is 13.8 Å². The van der Waals surface area contributed by atoms with Crippen molar-refractivity contribution < 1.29 is 14.7 Å². The summed E-state index contributed by atoms with van der Waals surface area (Å²) in [4.78, 5) is 24.8. The van der Waals surface area contributed by atoms with Gasteiger partial charge < -0.3 is 10.0 Å². The van der Waals surface area contributed by atoms with Gasteiger partial charge in [-0.1, -0.05) is 33.1 Å². The molecule has 0 bridgehead atoms. The van der Waals surface area contributed by atoms with Crippen molar-refractivity contribution in [1.29, 1.82) is 0 Å². The molecule has 1 aliphatic rings. The van der Waals surface area contributed by atoms with Crippen molar-refractivity contribution in [3.63, 3.8) is 0 Å². The van der Waals surface area contributed by atoms with Gasteiger partial charge in [-0.05, 0) is 12.8 Å². The van der Waals surface area contributed by atoms with Gasteiger partial charge >= 0.3 is 5.97 Å². The predicted molar refractivity (Wildman–Crippen MR) is 65.7 cm³/mol. The molecule has 0 aromatic heterocycles. The molecule has 0 unspecified atom stereocenters. The maximum Gasteiger partial charge on any atom is 0.305 e. The molecule has 0 heterocycles. The molecule has 0 aromatic carbocycles. The van der Waals surface area contributed by atoms with E-state index in [9.17, 15) is 9.59 Å². The molecule has 0 spiro atoms. The van der Waals surface area contributed by atoms with Crippen molar-refractivity contribution in [2.45, 2.75) is 57.9 Å². The molecule has 98 valence electrons. The second-order valence-electron chi connectivity index (χ2n) is 5.41. The van der Waals surface area contributed by atoms with Crippen LogP contribution in [-0.4, -0.2) is 34.5 Å². The third-order valence-electron chi connectivity index (χ3n) is 3.80. The van der Waals surface area contributed by atoms with E-state index in [0.29, 0.717) is 0 Å². The molecule has 1 fully saturated rings. The molecule has 1 saturated carbocycles. The fourth-order valence-electron chi connectivity index (χ4n) is 2.74. The van der Waals surface area contributed by atoms with Gasteiger partial charge in [0.15, 0.2) is 0 Å². The predicted octanol–water partition coefficient (Wildman–Crippen LogP) is 2.28. The SMILES string of the molecule is CC(C)C(=O)N(C)C1(CC(=O)O)CCCCC1. The quantitative estimate of drug-likeness (QED) is 0.821. The van der Waals surface area contributed by atoms with Crippen LogP contribution < -0.4 is 0 Å². The van der Waals surface area contributed by atoms with Crippen molar-refractivity contribution in [1.82, 2.24) is 4.90 Å². The Labute approximate surface area is 103 Å². The molecule has 0 saturated heterocycles. The lowest BCUT2D eigenvalue weighted by Gasteiger charge is -2.44. The first-order valence-corrected chi connectivity index (χ1v) is 6.38. The Morgan fingerprint density at radius 3 is 2.18 bits per heavy atom. The first kappa shape index (κ1) is 14.0. The van der Waals surface area contributed by atoms with Gasteiger partial charge in [-0.3, -0.25) is 9.59 Å². The molecule has 1 rings (SSSR count). The van der Waals surface area contributed by atoms with Gasteiger partial charge in [0.25, 0.3) is 0 Å². The van der Waals surface area contributed by atoms with E-state index < -0.39 is 11.5 Å². The topological polar surface area (TPSA) is 57.6 Å². The highest BCUT2D eigenvalue weighted by Crippen LogP contribution is 2.36. The normalized spacial score (nSPS) is 19.1. The lowest BCUT2D eigenvalue weighted by molar-refractivity contribution is -0.147. The summed E-state index contributed by atoms with van der Waals surface area (Å²) in [5.74, 6) is -0.837. The van der Waals surface area contributed by atoms with Crippen molar-refractivity contribution in [2.24, 2.45) is 5.92 Å². The number of nitrogens with zero attached hydrogens (tertiary/aromatic N) is 1. The number of carbonyl (C=O) groups is 2. The van der Waals surface area contributed by atoms with Crippen LogP contribution in [0.2, 0.25) is 0 Å². The summed E-state index contributed by atoms with van der Waals surface area (Å²) in [6.07, 6.45) is 4.88. The van der Waals surface area contributed by atoms with Gasteiger partial charge in [0.1, 0.15) is 0 Å². The van der Waals surface area contributed by atoms with Gasteiger partial charge in [0, 0.05) is 13.0 Å². The van der Waals surface area contributed by atoms with E-state index >= 15 is 0 Å². The summed E-state index contributed by atoms with van der Waals surface area (Å²) < 4.78 is 0. The van der Waals surface area contributed by atoms with E-state index in [1.165, 1.54) is 0 Å². The summed E-state index contributed by atoms with van der Waals surface area (Å²) in [6, 6.07) is 0. The number of hydrogen-bond acceptors (Lipinski definition) is 2. The molecule has 4 nitrogen and oxygen atoms in total. The lowest BCUT2D eigenvalue weighted by atomic mass is 9.77. The van der Waals surface area contributed by atoms with Gasteiger partial charge in [0.2, 0.25) is 5.91 Å². The number of carbonyl (C=O) groups excluding carboxylic acids is 1. The molecule has 0 atom stereocenters. The van der Waals surface area contributed by atoms with Crippen LogP contribution in [0.25, 0.3) is 0 Å². The van der Waals surface area contributed by atoms with Gasteiger partial charge in [0.05, 0.1) is 12.0 Å². The zero-order valence-electron chi connectivity index (χ0n) is 11.0. The standard InChI is InChI=1S/C13H23NO3/c1-10(2)12(17)14(3)13(9-11(15)16)7-5-4-6-8-13/h10H,4-9H2,1-3H3,(H,15,16). The minimum Gasteiger partial charge on any atom is -0.481 e. The summed E-state index contributed by atoms with van der Waals surface area (Å²) in [7, 11) is 1.76. The molecule has 0 aliphatic heterocycles. The number of carboxylic acid groups (broad SMARTS) is 1. The van der Waals surface area contributed by atoms with Crippen LogP contribution in [0.1, 0.15) is 52.4 Å². The number of amides is 1. The maximum absolute atomic E-state index is 12.1. The smallest absolute Gasteiger partial charge is 0.305 e. The molecule has 17 heavy (non-hydrogen) atoms. The number of aliphatic carboxylic acids is 1. The van der Waals surface area contributed by atoms with Crippen LogP contribution in [-0.2, 0) is 9.59 Å². The molecular weight excluding hydrogens is 218 g/mol. The van der Waals surface area contributed by atoms with Crippen LogP contribution in [0.3, 0.4) is 0 Å². The Morgan fingerprint density at radius 2 is 1.76 bits per heavy atom. The number of hydrogen-bond donors (Lipinski definition) is 1. The zero-order chi connectivity index (χ0) is 13.1. The lowest BCUT2D eigenvalue weighted by Crippen LogP contribution is -2.53. The fourth-order valence-corrected chi connectivity index (χ4v) is 2.74. The Kier molecular flexibility index (Phi) is 4.54. The molecule has 0 radical (unpaired) electrons. The van der Waals surface area contributed by atoms with E-state index in [-0.39, 0.29) is 18.2 Å². The second-order valence-corrected chi connectivity index (χ2v) is 5.41. The van der Waals surface area contributed by atoms with Crippen molar-refractivity contribution >= 4 is 11.9 Å². The molecule has 4 heteroatoms. The first-order chi connectivity index (χ1) is 7.89. The third-order valence-corrected chi connectivity index (χ3v) is 3.80. The van der Waals surface area contributed by atoms with Crippen LogP contribution in [0, 0.1) is 5.92 Å². The third kappa shape index (κ3) is 3.20. The van der Waals surface area contributed by atoms with Gasteiger partial charge in [-0.25, -0.2) is 0 Å². The highest BCUT2D eigenvalue weighted by atomic mass is 16.4. The van der Waals surface area contributed by atoms with Crippen molar-refractivity contribution in [3.8, 4) is 0 Å². The van der Waals surface area contributed by atoms with Crippen LogP contribution in [0.5, 0.6) is 0 Å².